The highest BCUT2D eigenvalue weighted by Gasteiger charge is 2.33. The van der Waals surface area contributed by atoms with E-state index < -0.39 is 6.04 Å². The molecule has 0 spiro atoms. The number of para-hydroxylation sites is 1. The molecule has 2 N–H and O–H groups in total. The predicted molar refractivity (Wildman–Crippen MR) is 145 cm³/mol. The van der Waals surface area contributed by atoms with E-state index in [1.807, 2.05) is 66.7 Å². The van der Waals surface area contributed by atoms with Crippen molar-refractivity contribution in [1.82, 2.24) is 10.7 Å². The number of hydrogen-bond donors (Lipinski definition) is 2. The number of anilines is 1. The van der Waals surface area contributed by atoms with Crippen LogP contribution in [0.2, 0.25) is 0 Å². The Labute approximate surface area is 217 Å². The molecule has 0 heterocycles. The fourth-order valence-corrected chi connectivity index (χ4v) is 4.59. The van der Waals surface area contributed by atoms with Crippen LogP contribution in [0, 0.1) is 0 Å². The van der Waals surface area contributed by atoms with Crippen LogP contribution < -0.4 is 15.6 Å². The summed E-state index contributed by atoms with van der Waals surface area (Å²) in [7, 11) is 0. The van der Waals surface area contributed by atoms with Gasteiger partial charge < -0.3 is 5.32 Å². The number of hydrogen-bond acceptors (Lipinski definition) is 4. The van der Waals surface area contributed by atoms with Crippen molar-refractivity contribution < 1.29 is 14.4 Å². The smallest absolute Gasteiger partial charge is 0.271 e. The maximum atomic E-state index is 13.7. The van der Waals surface area contributed by atoms with Gasteiger partial charge in [0.2, 0.25) is 11.8 Å². The van der Waals surface area contributed by atoms with Crippen LogP contribution in [0.25, 0.3) is 0 Å². The zero-order valence-corrected chi connectivity index (χ0v) is 20.8. The lowest BCUT2D eigenvalue weighted by Crippen LogP contribution is -2.47. The Hall–Kier alpha value is -4.26. The minimum absolute atomic E-state index is 0.0932. The molecule has 190 valence electrons. The second-order valence-electron chi connectivity index (χ2n) is 9.08. The van der Waals surface area contributed by atoms with E-state index in [1.54, 1.807) is 24.3 Å². The van der Waals surface area contributed by atoms with Crippen LogP contribution in [-0.4, -0.2) is 30.0 Å². The third kappa shape index (κ3) is 7.13. The Bertz CT molecular complexity index is 1190. The number of nitrogens with one attached hydrogen (secondary N) is 2. The lowest BCUT2D eigenvalue weighted by molar-refractivity contribution is -0.127. The Morgan fingerprint density at radius 2 is 1.43 bits per heavy atom. The van der Waals surface area contributed by atoms with Gasteiger partial charge in [-0.05, 0) is 42.7 Å². The summed E-state index contributed by atoms with van der Waals surface area (Å²) in [5.74, 6) is -0.876. The molecule has 37 heavy (non-hydrogen) atoms. The number of carbonyl (C=O) groups excluding carboxylic acids is 3. The van der Waals surface area contributed by atoms with Crippen molar-refractivity contribution in [1.29, 1.82) is 0 Å². The summed E-state index contributed by atoms with van der Waals surface area (Å²) in [6.45, 7) is 0. The Balaban J connectivity index is 1.56. The van der Waals surface area contributed by atoms with Gasteiger partial charge >= 0.3 is 0 Å². The Morgan fingerprint density at radius 3 is 2.08 bits per heavy atom. The molecule has 3 amide bonds. The molecule has 1 fully saturated rings. The van der Waals surface area contributed by atoms with E-state index in [2.05, 4.69) is 15.8 Å². The first-order valence-corrected chi connectivity index (χ1v) is 12.7. The minimum atomic E-state index is -0.842. The number of hydrazone groups is 1. The highest BCUT2D eigenvalue weighted by Crippen LogP contribution is 2.29. The summed E-state index contributed by atoms with van der Waals surface area (Å²) < 4.78 is 0. The van der Waals surface area contributed by atoms with Gasteiger partial charge in [-0.1, -0.05) is 86.0 Å². The van der Waals surface area contributed by atoms with Crippen LogP contribution in [0.4, 0.5) is 5.69 Å². The van der Waals surface area contributed by atoms with Gasteiger partial charge in [0.25, 0.3) is 5.91 Å². The molecule has 7 nitrogen and oxygen atoms in total. The summed E-state index contributed by atoms with van der Waals surface area (Å²) >= 11 is 0. The molecule has 0 aliphatic heterocycles. The van der Waals surface area contributed by atoms with Crippen molar-refractivity contribution >= 4 is 29.6 Å². The maximum absolute atomic E-state index is 13.7. The van der Waals surface area contributed by atoms with E-state index in [-0.39, 0.29) is 30.2 Å². The van der Waals surface area contributed by atoms with E-state index in [9.17, 15) is 14.4 Å². The minimum Gasteiger partial charge on any atom is -0.351 e. The van der Waals surface area contributed by atoms with Gasteiger partial charge in [0.15, 0.2) is 0 Å². The van der Waals surface area contributed by atoms with Crippen LogP contribution in [0.15, 0.2) is 96.1 Å². The molecule has 3 aromatic carbocycles. The number of rotatable bonds is 9. The molecular formula is C30H32N4O3. The average molecular weight is 497 g/mol. The zero-order chi connectivity index (χ0) is 25.9. The first-order valence-electron chi connectivity index (χ1n) is 12.7. The standard InChI is InChI=1S/C30H32N4O3/c35-27(21-22-31-33-29(36)24-15-7-2-8-16-24)34(26-19-11-4-12-20-26)28(23-13-5-1-6-14-23)30(37)32-25-17-9-3-10-18-25/h1-2,4-8,11-16,19-20,22,25,28H,3,9-10,17-18,21H2,(H,32,37)(H,33,36)/b31-22+. The molecule has 1 saturated carbocycles. The van der Waals surface area contributed by atoms with Gasteiger partial charge in [0, 0.05) is 23.5 Å². The first kappa shape index (κ1) is 25.8. The molecule has 3 aromatic rings. The van der Waals surface area contributed by atoms with Crippen molar-refractivity contribution in [2.24, 2.45) is 5.10 Å². The van der Waals surface area contributed by atoms with Crippen LogP contribution in [0.1, 0.15) is 60.5 Å². The maximum Gasteiger partial charge on any atom is 0.271 e. The van der Waals surface area contributed by atoms with Gasteiger partial charge in [0.1, 0.15) is 6.04 Å². The summed E-state index contributed by atoms with van der Waals surface area (Å²) in [6, 6.07) is 26.5. The molecule has 1 atom stereocenters. The zero-order valence-electron chi connectivity index (χ0n) is 20.8. The van der Waals surface area contributed by atoms with Gasteiger partial charge in [-0.15, -0.1) is 0 Å². The monoisotopic (exact) mass is 496 g/mol. The molecule has 1 aliphatic carbocycles. The quantitative estimate of drug-likeness (QED) is 0.322. The van der Waals surface area contributed by atoms with Gasteiger partial charge in [-0.2, -0.15) is 5.10 Å². The number of nitrogens with zero attached hydrogens (tertiary/aromatic N) is 2. The summed E-state index contributed by atoms with van der Waals surface area (Å²) in [5, 5.41) is 7.16. The molecule has 0 aromatic heterocycles. The topological polar surface area (TPSA) is 90.9 Å². The van der Waals surface area contributed by atoms with E-state index in [1.165, 1.54) is 17.5 Å². The molecule has 0 bridgehead atoms. The predicted octanol–water partition coefficient (Wildman–Crippen LogP) is 5.02. The van der Waals surface area contributed by atoms with Crippen molar-refractivity contribution in [3.05, 3.63) is 102 Å². The summed E-state index contributed by atoms with van der Waals surface area (Å²) in [6.07, 6.45) is 6.52. The highest BCUT2D eigenvalue weighted by molar-refractivity contribution is 6.06. The van der Waals surface area contributed by atoms with Crippen molar-refractivity contribution in [2.45, 2.75) is 50.6 Å². The number of carbonyl (C=O) groups is 3. The molecule has 4 rings (SSSR count). The Kier molecular flexibility index (Phi) is 9.18. The normalized spacial score (nSPS) is 14.6. The van der Waals surface area contributed by atoms with Gasteiger partial charge in [-0.25, -0.2) is 5.43 Å². The highest BCUT2D eigenvalue weighted by atomic mass is 16.2. The fourth-order valence-electron chi connectivity index (χ4n) is 4.59. The average Bonchev–Trinajstić information content (AvgIpc) is 2.95. The van der Waals surface area contributed by atoms with Gasteiger partial charge in [-0.3, -0.25) is 19.3 Å². The molecule has 7 heteroatoms. The molecule has 1 unspecified atom stereocenters. The lowest BCUT2D eigenvalue weighted by atomic mass is 9.94. The largest absolute Gasteiger partial charge is 0.351 e. The van der Waals surface area contributed by atoms with Crippen LogP contribution in [0.3, 0.4) is 0 Å². The van der Waals surface area contributed by atoms with Crippen LogP contribution >= 0.6 is 0 Å². The SMILES string of the molecule is O=C(N/N=C/CC(=O)N(c1ccccc1)C(C(=O)NC1CCCCC1)c1ccccc1)c1ccccc1. The van der Waals surface area contributed by atoms with Crippen LogP contribution in [-0.2, 0) is 9.59 Å². The number of amides is 3. The molecule has 1 aliphatic rings. The van der Waals surface area contributed by atoms with Crippen LogP contribution in [0.5, 0.6) is 0 Å². The van der Waals surface area contributed by atoms with Crippen molar-refractivity contribution in [3.8, 4) is 0 Å². The third-order valence-corrected chi connectivity index (χ3v) is 6.44. The second kappa shape index (κ2) is 13.2. The van der Waals surface area contributed by atoms with Gasteiger partial charge in [0.05, 0.1) is 6.42 Å². The second-order valence-corrected chi connectivity index (χ2v) is 9.08. The lowest BCUT2D eigenvalue weighted by Gasteiger charge is -2.33. The summed E-state index contributed by atoms with van der Waals surface area (Å²) in [5.41, 5.74) is 4.26. The molecule has 0 saturated heterocycles. The fraction of sp³-hybridized carbons (Fsp3) is 0.267. The number of benzene rings is 3. The third-order valence-electron chi connectivity index (χ3n) is 6.44. The first-order chi connectivity index (χ1) is 18.1. The van der Waals surface area contributed by atoms with Crippen molar-refractivity contribution in [2.75, 3.05) is 4.90 Å². The van der Waals surface area contributed by atoms with E-state index in [0.29, 0.717) is 11.3 Å². The van der Waals surface area contributed by atoms with E-state index in [0.717, 1.165) is 31.2 Å². The molecular weight excluding hydrogens is 464 g/mol. The van der Waals surface area contributed by atoms with Crippen molar-refractivity contribution in [3.63, 3.8) is 0 Å². The summed E-state index contributed by atoms with van der Waals surface area (Å²) in [4.78, 5) is 41.1. The van der Waals surface area contributed by atoms with E-state index in [4.69, 9.17) is 0 Å². The van der Waals surface area contributed by atoms with E-state index >= 15 is 0 Å². The Morgan fingerprint density at radius 1 is 0.838 bits per heavy atom. The molecule has 0 radical (unpaired) electrons.